The quantitative estimate of drug-likeness (QED) is 0.673. The van der Waals surface area contributed by atoms with Crippen LogP contribution in [0.4, 0.5) is 14.5 Å². The van der Waals surface area contributed by atoms with Gasteiger partial charge in [-0.2, -0.15) is 0 Å². The third kappa shape index (κ3) is 3.78. The molecule has 1 aromatic heterocycles. The van der Waals surface area contributed by atoms with E-state index in [-0.39, 0.29) is 5.69 Å². The van der Waals surface area contributed by atoms with Gasteiger partial charge >= 0.3 is 0 Å². The largest absolute Gasteiger partial charge is 0.351 e. The molecule has 1 aliphatic heterocycles. The molecule has 1 fully saturated rings. The monoisotopic (exact) mass is 383 g/mol. The van der Waals surface area contributed by atoms with E-state index in [1.807, 2.05) is 6.07 Å². The molecule has 4 nitrogen and oxygen atoms in total. The number of carbonyl (C=O) groups is 1. The zero-order valence-electron chi connectivity index (χ0n) is 15.9. The predicted octanol–water partition coefficient (Wildman–Crippen LogP) is 4.90. The zero-order valence-corrected chi connectivity index (χ0v) is 15.9. The average molecular weight is 383 g/mol. The summed E-state index contributed by atoms with van der Waals surface area (Å²) in [6.45, 7) is 6.58. The normalized spacial score (nSPS) is 17.5. The first-order chi connectivity index (χ1) is 13.4. The number of likely N-dealkylation sites (tertiary alicyclic amines) is 1. The van der Waals surface area contributed by atoms with Gasteiger partial charge in [-0.25, -0.2) is 8.78 Å². The van der Waals surface area contributed by atoms with Gasteiger partial charge in [-0.3, -0.25) is 4.79 Å². The topological polar surface area (TPSA) is 48.1 Å². The maximum Gasteiger partial charge on any atom is 0.272 e. The van der Waals surface area contributed by atoms with Gasteiger partial charge in [-0.15, -0.1) is 0 Å². The molecule has 146 valence electrons. The third-order valence-corrected chi connectivity index (χ3v) is 5.43. The first-order valence-corrected chi connectivity index (χ1v) is 9.53. The molecule has 0 aliphatic carbocycles. The number of nitrogens with one attached hydrogen (secondary N) is 2. The standard InChI is InChI=1S/C22H23F2N3O/c1-13(2)27-6-5-15(12-27)14-3-4-20-16(7-14)8-21(26-20)22(28)25-19-10-17(23)9-18(24)11-19/h3-4,7-11,13,15,26H,5-6,12H2,1-2H3,(H,25,28). The van der Waals surface area contributed by atoms with Crippen molar-refractivity contribution in [1.29, 1.82) is 0 Å². The fourth-order valence-electron chi connectivity index (χ4n) is 3.88. The highest BCUT2D eigenvalue weighted by Gasteiger charge is 2.25. The molecule has 0 spiro atoms. The third-order valence-electron chi connectivity index (χ3n) is 5.43. The second-order valence-electron chi connectivity index (χ2n) is 7.72. The Hall–Kier alpha value is -2.73. The van der Waals surface area contributed by atoms with Crippen molar-refractivity contribution < 1.29 is 13.6 Å². The molecule has 1 saturated heterocycles. The lowest BCUT2D eigenvalue weighted by atomic mass is 9.97. The van der Waals surface area contributed by atoms with E-state index >= 15 is 0 Å². The van der Waals surface area contributed by atoms with Crippen molar-refractivity contribution in [2.24, 2.45) is 0 Å². The van der Waals surface area contributed by atoms with Gasteiger partial charge in [0.2, 0.25) is 0 Å². The fourth-order valence-corrected chi connectivity index (χ4v) is 3.88. The van der Waals surface area contributed by atoms with Crippen LogP contribution in [0.5, 0.6) is 0 Å². The van der Waals surface area contributed by atoms with Gasteiger partial charge in [-0.05, 0) is 68.6 Å². The maximum absolute atomic E-state index is 13.3. The molecule has 4 rings (SSSR count). The number of amides is 1. The number of aromatic nitrogens is 1. The molecule has 6 heteroatoms. The van der Waals surface area contributed by atoms with Crippen LogP contribution in [0.15, 0.2) is 42.5 Å². The van der Waals surface area contributed by atoms with Crippen LogP contribution in [0, 0.1) is 11.6 Å². The molecule has 28 heavy (non-hydrogen) atoms. The summed E-state index contributed by atoms with van der Waals surface area (Å²) in [6, 6.07) is 11.5. The molecule has 1 unspecified atom stereocenters. The van der Waals surface area contributed by atoms with Crippen molar-refractivity contribution in [3.8, 4) is 0 Å². The highest BCUT2D eigenvalue weighted by molar-refractivity contribution is 6.06. The Labute approximate surface area is 162 Å². The van der Waals surface area contributed by atoms with E-state index in [1.165, 1.54) is 5.56 Å². The van der Waals surface area contributed by atoms with Gasteiger partial charge in [0, 0.05) is 35.2 Å². The maximum atomic E-state index is 13.3. The molecular weight excluding hydrogens is 360 g/mol. The number of anilines is 1. The summed E-state index contributed by atoms with van der Waals surface area (Å²) in [5, 5.41) is 3.49. The summed E-state index contributed by atoms with van der Waals surface area (Å²) in [4.78, 5) is 18.0. The van der Waals surface area contributed by atoms with Crippen molar-refractivity contribution in [1.82, 2.24) is 9.88 Å². The summed E-state index contributed by atoms with van der Waals surface area (Å²) in [5.41, 5.74) is 2.57. The second-order valence-corrected chi connectivity index (χ2v) is 7.72. The Kier molecular flexibility index (Phi) is 4.89. The van der Waals surface area contributed by atoms with Crippen molar-refractivity contribution in [2.45, 2.75) is 32.2 Å². The molecule has 1 aliphatic rings. The summed E-state index contributed by atoms with van der Waals surface area (Å²) in [5.74, 6) is -1.41. The Morgan fingerprint density at radius 2 is 1.89 bits per heavy atom. The van der Waals surface area contributed by atoms with E-state index in [9.17, 15) is 13.6 Å². The number of rotatable bonds is 4. The minimum atomic E-state index is -0.733. The molecule has 3 aromatic rings. The second kappa shape index (κ2) is 7.36. The molecule has 2 heterocycles. The van der Waals surface area contributed by atoms with Crippen molar-refractivity contribution in [2.75, 3.05) is 18.4 Å². The number of carbonyl (C=O) groups excluding carboxylic acids is 1. The number of hydrogen-bond donors (Lipinski definition) is 2. The highest BCUT2D eigenvalue weighted by atomic mass is 19.1. The van der Waals surface area contributed by atoms with Crippen molar-refractivity contribution in [3.05, 3.63) is 65.4 Å². The number of H-pyrrole nitrogens is 1. The minimum Gasteiger partial charge on any atom is -0.351 e. The molecule has 0 saturated carbocycles. The van der Waals surface area contributed by atoms with Crippen molar-refractivity contribution in [3.63, 3.8) is 0 Å². The summed E-state index contributed by atoms with van der Waals surface area (Å²) >= 11 is 0. The molecule has 2 N–H and O–H groups in total. The van der Waals surface area contributed by atoms with Crippen LogP contribution in [-0.2, 0) is 0 Å². The van der Waals surface area contributed by atoms with E-state index in [1.54, 1.807) is 6.07 Å². The highest BCUT2D eigenvalue weighted by Crippen LogP contribution is 2.30. The Bertz CT molecular complexity index is 1010. The van der Waals surface area contributed by atoms with E-state index in [2.05, 4.69) is 41.2 Å². The van der Waals surface area contributed by atoms with Gasteiger partial charge in [-0.1, -0.05) is 6.07 Å². The van der Waals surface area contributed by atoms with E-state index in [4.69, 9.17) is 0 Å². The smallest absolute Gasteiger partial charge is 0.272 e. The first kappa shape index (κ1) is 18.6. The van der Waals surface area contributed by atoms with E-state index in [0.29, 0.717) is 17.7 Å². The predicted molar refractivity (Wildman–Crippen MR) is 107 cm³/mol. The van der Waals surface area contributed by atoms with Crippen LogP contribution < -0.4 is 5.32 Å². The SMILES string of the molecule is CC(C)N1CCC(c2ccc3[nH]c(C(=O)Nc4cc(F)cc(F)c4)cc3c2)C1. The fraction of sp³-hybridized carbons (Fsp3) is 0.318. The minimum absolute atomic E-state index is 0.0848. The number of nitrogens with zero attached hydrogens (tertiary/aromatic N) is 1. The summed E-state index contributed by atoms with van der Waals surface area (Å²) in [6.07, 6.45) is 1.13. The number of hydrogen-bond acceptors (Lipinski definition) is 2. The Morgan fingerprint density at radius 1 is 1.14 bits per heavy atom. The van der Waals surface area contributed by atoms with Gasteiger partial charge < -0.3 is 15.2 Å². The Morgan fingerprint density at radius 3 is 2.57 bits per heavy atom. The van der Waals surface area contributed by atoms with Crippen LogP contribution in [0.2, 0.25) is 0 Å². The van der Waals surface area contributed by atoms with Gasteiger partial charge in [0.05, 0.1) is 0 Å². The summed E-state index contributed by atoms with van der Waals surface area (Å²) in [7, 11) is 0. The zero-order chi connectivity index (χ0) is 19.8. The number of aromatic amines is 1. The van der Waals surface area contributed by atoms with E-state index < -0.39 is 17.5 Å². The molecule has 0 bridgehead atoms. The average Bonchev–Trinajstić information content (AvgIpc) is 3.27. The first-order valence-electron chi connectivity index (χ1n) is 9.53. The van der Waals surface area contributed by atoms with Crippen molar-refractivity contribution >= 4 is 22.5 Å². The molecule has 1 atom stereocenters. The molecule has 0 radical (unpaired) electrons. The number of fused-ring (bicyclic) bond motifs is 1. The summed E-state index contributed by atoms with van der Waals surface area (Å²) < 4.78 is 26.6. The molecule has 2 aromatic carbocycles. The Balaban J connectivity index is 1.54. The van der Waals surface area contributed by atoms with Gasteiger partial charge in [0.15, 0.2) is 0 Å². The van der Waals surface area contributed by atoms with Crippen LogP contribution in [0.1, 0.15) is 42.2 Å². The van der Waals surface area contributed by atoms with Crippen LogP contribution >= 0.6 is 0 Å². The lowest BCUT2D eigenvalue weighted by Crippen LogP contribution is -2.27. The van der Waals surface area contributed by atoms with Crippen LogP contribution in [-0.4, -0.2) is 34.9 Å². The van der Waals surface area contributed by atoms with Gasteiger partial charge in [0.25, 0.3) is 5.91 Å². The van der Waals surface area contributed by atoms with E-state index in [0.717, 1.165) is 48.6 Å². The number of halogens is 2. The number of benzene rings is 2. The molecular formula is C22H23F2N3O. The lowest BCUT2D eigenvalue weighted by molar-refractivity contribution is 0.102. The van der Waals surface area contributed by atoms with Crippen LogP contribution in [0.3, 0.4) is 0 Å². The van der Waals surface area contributed by atoms with Gasteiger partial charge in [0.1, 0.15) is 17.3 Å². The lowest BCUT2D eigenvalue weighted by Gasteiger charge is -2.20. The van der Waals surface area contributed by atoms with Crippen LogP contribution in [0.25, 0.3) is 10.9 Å². The molecule has 1 amide bonds.